The third kappa shape index (κ3) is 4.93. The Bertz CT molecular complexity index is 1090. The molecule has 3 aromatic carbocycles. The Kier molecular flexibility index (Phi) is 6.20. The molecule has 0 bridgehead atoms. The third-order valence-electron chi connectivity index (χ3n) is 4.58. The van der Waals surface area contributed by atoms with E-state index in [1.165, 1.54) is 23.5 Å². The van der Waals surface area contributed by atoms with E-state index in [9.17, 15) is 9.18 Å². The highest BCUT2D eigenvalue weighted by Gasteiger charge is 2.20. The number of amides is 1. The zero-order valence-corrected chi connectivity index (χ0v) is 17.0. The minimum atomic E-state index is -0.301. The second kappa shape index (κ2) is 9.37. The topological polar surface area (TPSA) is 29.5 Å². The first-order valence-corrected chi connectivity index (χ1v) is 10.4. The van der Waals surface area contributed by atoms with E-state index >= 15 is 0 Å². The monoisotopic (exact) mass is 417 g/mol. The van der Waals surface area contributed by atoms with Crippen molar-refractivity contribution in [3.05, 3.63) is 118 Å². The second-order valence-electron chi connectivity index (χ2n) is 6.77. The van der Waals surface area contributed by atoms with Gasteiger partial charge in [-0.05, 0) is 53.4 Å². The molecule has 1 amide bonds. The van der Waals surface area contributed by atoms with Crippen LogP contribution in [-0.4, -0.2) is 5.91 Å². The van der Waals surface area contributed by atoms with Crippen molar-refractivity contribution >= 4 is 22.9 Å². The van der Waals surface area contributed by atoms with Crippen LogP contribution in [0.5, 0.6) is 5.75 Å². The molecule has 0 unspecified atom stereocenters. The van der Waals surface area contributed by atoms with Crippen LogP contribution in [0.1, 0.15) is 20.8 Å². The average molecular weight is 418 g/mol. The van der Waals surface area contributed by atoms with Crippen LogP contribution in [0.4, 0.5) is 10.1 Å². The molecule has 0 N–H and O–H groups in total. The zero-order valence-electron chi connectivity index (χ0n) is 16.2. The van der Waals surface area contributed by atoms with E-state index in [1.807, 2.05) is 72.1 Å². The fraction of sp³-hybridized carbons (Fsp3) is 0.0800. The molecule has 1 aromatic heterocycles. The molecule has 0 atom stereocenters. The van der Waals surface area contributed by atoms with Crippen LogP contribution in [0.15, 0.2) is 96.4 Å². The molecule has 0 aliphatic carbocycles. The van der Waals surface area contributed by atoms with Crippen LogP contribution < -0.4 is 9.64 Å². The minimum absolute atomic E-state index is 0.0527. The summed E-state index contributed by atoms with van der Waals surface area (Å²) in [7, 11) is 0. The Hall–Kier alpha value is -3.44. The quantitative estimate of drug-likeness (QED) is 0.352. The largest absolute Gasteiger partial charge is 0.489 e. The van der Waals surface area contributed by atoms with Crippen molar-refractivity contribution in [2.24, 2.45) is 0 Å². The summed E-state index contributed by atoms with van der Waals surface area (Å²) in [6.07, 6.45) is 0. The Morgan fingerprint density at radius 2 is 1.53 bits per heavy atom. The van der Waals surface area contributed by atoms with Crippen molar-refractivity contribution in [1.29, 1.82) is 0 Å². The molecule has 0 saturated carbocycles. The van der Waals surface area contributed by atoms with Gasteiger partial charge in [0.25, 0.3) is 5.91 Å². The number of anilines is 1. The highest BCUT2D eigenvalue weighted by Crippen LogP contribution is 2.24. The number of carbonyl (C=O) groups is 1. The van der Waals surface area contributed by atoms with E-state index in [0.29, 0.717) is 23.8 Å². The first kappa shape index (κ1) is 19.9. The summed E-state index contributed by atoms with van der Waals surface area (Å²) in [6, 6.07) is 27.4. The lowest BCUT2D eigenvalue weighted by molar-refractivity contribution is 0.0989. The van der Waals surface area contributed by atoms with E-state index < -0.39 is 0 Å². The number of benzene rings is 3. The van der Waals surface area contributed by atoms with Crippen LogP contribution in [-0.2, 0) is 13.2 Å². The summed E-state index contributed by atoms with van der Waals surface area (Å²) in [6.45, 7) is 0.808. The smallest absolute Gasteiger partial charge is 0.268 e. The molecule has 1 heterocycles. The molecule has 0 fully saturated rings. The second-order valence-corrected chi connectivity index (χ2v) is 7.69. The number of carbonyl (C=O) groups excluding carboxylic acids is 1. The fourth-order valence-corrected chi connectivity index (χ4v) is 3.89. The molecule has 3 nitrogen and oxygen atoms in total. The standard InChI is InChI=1S/C25H20FNO2S/c26-21-11-13-23(14-12-21)29-17-20-15-24(30-18-20)25(28)27(22-9-5-2-6-10-22)16-19-7-3-1-4-8-19/h1-15,18H,16-17H2. The number of para-hydroxylation sites is 1. The number of rotatable bonds is 7. The first-order valence-electron chi connectivity index (χ1n) is 9.56. The number of thiophene rings is 1. The fourth-order valence-electron chi connectivity index (χ4n) is 3.05. The van der Waals surface area contributed by atoms with Gasteiger partial charge in [-0.2, -0.15) is 0 Å². The summed E-state index contributed by atoms with van der Waals surface area (Å²) >= 11 is 1.40. The van der Waals surface area contributed by atoms with Gasteiger partial charge < -0.3 is 9.64 Å². The van der Waals surface area contributed by atoms with Gasteiger partial charge in [-0.25, -0.2) is 4.39 Å². The molecule has 5 heteroatoms. The average Bonchev–Trinajstić information content (AvgIpc) is 3.27. The molecule has 0 aliphatic heterocycles. The van der Waals surface area contributed by atoms with Gasteiger partial charge in [0, 0.05) is 11.3 Å². The highest BCUT2D eigenvalue weighted by molar-refractivity contribution is 7.12. The van der Waals surface area contributed by atoms with E-state index in [0.717, 1.165) is 16.8 Å². The van der Waals surface area contributed by atoms with E-state index in [1.54, 1.807) is 17.0 Å². The summed E-state index contributed by atoms with van der Waals surface area (Å²) in [4.78, 5) is 15.8. The number of ether oxygens (including phenoxy) is 1. The number of hydrogen-bond donors (Lipinski definition) is 0. The van der Waals surface area contributed by atoms with Crippen molar-refractivity contribution in [1.82, 2.24) is 0 Å². The van der Waals surface area contributed by atoms with Crippen LogP contribution in [0, 0.1) is 5.82 Å². The number of hydrogen-bond acceptors (Lipinski definition) is 3. The number of nitrogens with zero attached hydrogens (tertiary/aromatic N) is 1. The Balaban J connectivity index is 1.51. The van der Waals surface area contributed by atoms with Gasteiger partial charge in [-0.3, -0.25) is 4.79 Å². The Morgan fingerprint density at radius 3 is 2.23 bits per heavy atom. The van der Waals surface area contributed by atoms with Crippen LogP contribution in [0.3, 0.4) is 0 Å². The van der Waals surface area contributed by atoms with Gasteiger partial charge in [0.1, 0.15) is 18.2 Å². The molecule has 150 valence electrons. The van der Waals surface area contributed by atoms with Gasteiger partial charge in [-0.1, -0.05) is 48.5 Å². The van der Waals surface area contributed by atoms with Gasteiger partial charge in [0.05, 0.1) is 11.4 Å². The Morgan fingerprint density at radius 1 is 0.867 bits per heavy atom. The lowest BCUT2D eigenvalue weighted by Crippen LogP contribution is -2.29. The van der Waals surface area contributed by atoms with Crippen molar-refractivity contribution in [2.75, 3.05) is 4.90 Å². The van der Waals surface area contributed by atoms with Crippen molar-refractivity contribution in [2.45, 2.75) is 13.2 Å². The van der Waals surface area contributed by atoms with Gasteiger partial charge in [0.2, 0.25) is 0 Å². The maximum absolute atomic E-state index is 13.3. The first-order chi connectivity index (χ1) is 14.7. The molecule has 30 heavy (non-hydrogen) atoms. The van der Waals surface area contributed by atoms with Crippen LogP contribution >= 0.6 is 11.3 Å². The molecular formula is C25H20FNO2S. The predicted octanol–water partition coefficient (Wildman–Crippen LogP) is 6.31. The summed E-state index contributed by atoms with van der Waals surface area (Å²) in [5.41, 5.74) is 2.82. The maximum Gasteiger partial charge on any atom is 0.268 e. The molecule has 0 aliphatic rings. The van der Waals surface area contributed by atoms with Crippen molar-refractivity contribution < 1.29 is 13.9 Å². The summed E-state index contributed by atoms with van der Waals surface area (Å²) < 4.78 is 18.7. The molecule has 4 aromatic rings. The molecule has 4 rings (SSSR count). The predicted molar refractivity (Wildman–Crippen MR) is 118 cm³/mol. The SMILES string of the molecule is O=C(c1cc(COc2ccc(F)cc2)cs1)N(Cc1ccccc1)c1ccccc1. The van der Waals surface area contributed by atoms with Gasteiger partial charge in [-0.15, -0.1) is 11.3 Å². The van der Waals surface area contributed by atoms with Crippen LogP contribution in [0.2, 0.25) is 0 Å². The normalized spacial score (nSPS) is 10.6. The maximum atomic E-state index is 13.3. The molecular weight excluding hydrogens is 397 g/mol. The van der Waals surface area contributed by atoms with Gasteiger partial charge in [0.15, 0.2) is 0 Å². The molecule has 0 radical (unpaired) electrons. The molecule has 0 spiro atoms. The van der Waals surface area contributed by atoms with Gasteiger partial charge >= 0.3 is 0 Å². The van der Waals surface area contributed by atoms with Crippen LogP contribution in [0.25, 0.3) is 0 Å². The van der Waals surface area contributed by atoms with E-state index in [4.69, 9.17) is 4.74 Å². The highest BCUT2D eigenvalue weighted by atomic mass is 32.1. The Labute approximate surface area is 179 Å². The van der Waals surface area contributed by atoms with Crippen molar-refractivity contribution in [3.63, 3.8) is 0 Å². The lowest BCUT2D eigenvalue weighted by atomic mass is 10.2. The molecule has 0 saturated heterocycles. The summed E-state index contributed by atoms with van der Waals surface area (Å²) in [5, 5.41) is 1.92. The van der Waals surface area contributed by atoms with E-state index in [-0.39, 0.29) is 11.7 Å². The zero-order chi connectivity index (χ0) is 20.8. The lowest BCUT2D eigenvalue weighted by Gasteiger charge is -2.22. The van der Waals surface area contributed by atoms with Crippen molar-refractivity contribution in [3.8, 4) is 5.75 Å². The minimum Gasteiger partial charge on any atom is -0.489 e. The van der Waals surface area contributed by atoms with E-state index in [2.05, 4.69) is 0 Å². The summed E-state index contributed by atoms with van der Waals surface area (Å²) in [5.74, 6) is 0.235. The number of halogens is 1. The third-order valence-corrected chi connectivity index (χ3v) is 5.55.